The summed E-state index contributed by atoms with van der Waals surface area (Å²) in [5.74, 6) is 0.134. The van der Waals surface area contributed by atoms with Crippen LogP contribution in [0.4, 0.5) is 0 Å². The van der Waals surface area contributed by atoms with E-state index in [1.807, 2.05) is 0 Å². The second-order valence-corrected chi connectivity index (χ2v) is 6.12. The summed E-state index contributed by atoms with van der Waals surface area (Å²) in [4.78, 5) is 24.3. The van der Waals surface area contributed by atoms with Gasteiger partial charge in [-0.2, -0.15) is 0 Å². The zero-order valence-corrected chi connectivity index (χ0v) is 15.4. The van der Waals surface area contributed by atoms with Gasteiger partial charge < -0.3 is 10.1 Å². The standard InChI is InChI=1S/C19H27NO3S/c1-3-4-5-6-7-8-13-20-19(22)12-10-16(21)15-9-11-17(23-2)18(24)14-15/h9-12,14,24H,3-8,13H2,1-2H3,(H,20,22). The topological polar surface area (TPSA) is 55.4 Å². The Labute approximate surface area is 150 Å². The van der Waals surface area contributed by atoms with Gasteiger partial charge in [0.05, 0.1) is 7.11 Å². The molecule has 1 aromatic rings. The summed E-state index contributed by atoms with van der Waals surface area (Å²) in [7, 11) is 1.55. The van der Waals surface area contributed by atoms with Gasteiger partial charge in [-0.1, -0.05) is 39.0 Å². The van der Waals surface area contributed by atoms with Crippen LogP contribution in [0.1, 0.15) is 55.8 Å². The largest absolute Gasteiger partial charge is 0.496 e. The number of hydrogen-bond acceptors (Lipinski definition) is 4. The molecule has 1 aromatic carbocycles. The first-order chi connectivity index (χ1) is 11.6. The monoisotopic (exact) mass is 349 g/mol. The first-order valence-electron chi connectivity index (χ1n) is 8.45. The van der Waals surface area contributed by atoms with E-state index in [1.54, 1.807) is 25.3 Å². The molecular formula is C19H27NO3S. The van der Waals surface area contributed by atoms with Crippen molar-refractivity contribution >= 4 is 24.3 Å². The third-order valence-electron chi connectivity index (χ3n) is 3.68. The molecule has 0 saturated carbocycles. The number of carbonyl (C=O) groups excluding carboxylic acids is 2. The molecule has 0 spiro atoms. The lowest BCUT2D eigenvalue weighted by Crippen LogP contribution is -2.22. The van der Waals surface area contributed by atoms with Gasteiger partial charge in [0.2, 0.25) is 5.91 Å². The summed E-state index contributed by atoms with van der Waals surface area (Å²) in [6.45, 7) is 2.84. The van der Waals surface area contributed by atoms with Crippen LogP contribution in [0.5, 0.6) is 5.75 Å². The number of hydrogen-bond donors (Lipinski definition) is 2. The highest BCUT2D eigenvalue weighted by Gasteiger charge is 2.06. The third kappa shape index (κ3) is 7.68. The number of rotatable bonds is 11. The maximum Gasteiger partial charge on any atom is 0.244 e. The highest BCUT2D eigenvalue weighted by molar-refractivity contribution is 7.80. The van der Waals surface area contributed by atoms with Crippen molar-refractivity contribution in [3.8, 4) is 5.75 Å². The van der Waals surface area contributed by atoms with Crippen LogP contribution < -0.4 is 10.1 Å². The quantitative estimate of drug-likeness (QED) is 0.272. The molecule has 4 nitrogen and oxygen atoms in total. The fourth-order valence-corrected chi connectivity index (χ4v) is 2.57. The Morgan fingerprint density at radius 3 is 2.50 bits per heavy atom. The van der Waals surface area contributed by atoms with Crippen LogP contribution in [-0.4, -0.2) is 25.3 Å². The lowest BCUT2D eigenvalue weighted by atomic mass is 10.1. The molecule has 0 unspecified atom stereocenters. The molecule has 0 aliphatic heterocycles. The molecule has 0 fully saturated rings. The molecule has 0 radical (unpaired) electrons. The molecule has 0 atom stereocenters. The molecule has 1 N–H and O–H groups in total. The van der Waals surface area contributed by atoms with Crippen molar-refractivity contribution in [2.45, 2.75) is 50.3 Å². The molecule has 0 heterocycles. The van der Waals surface area contributed by atoms with E-state index >= 15 is 0 Å². The molecule has 0 aliphatic rings. The van der Waals surface area contributed by atoms with Crippen molar-refractivity contribution in [3.63, 3.8) is 0 Å². The number of unbranched alkanes of at least 4 members (excludes halogenated alkanes) is 5. The van der Waals surface area contributed by atoms with Gasteiger partial charge in [0, 0.05) is 23.1 Å². The van der Waals surface area contributed by atoms with Crippen LogP contribution in [0.15, 0.2) is 35.2 Å². The Morgan fingerprint density at radius 1 is 1.12 bits per heavy atom. The van der Waals surface area contributed by atoms with Gasteiger partial charge in [0.15, 0.2) is 5.78 Å². The fourth-order valence-electron chi connectivity index (χ4n) is 2.27. The number of benzene rings is 1. The lowest BCUT2D eigenvalue weighted by molar-refractivity contribution is -0.116. The number of ketones is 1. The molecule has 132 valence electrons. The molecule has 0 bridgehead atoms. The minimum atomic E-state index is -0.239. The van der Waals surface area contributed by atoms with E-state index in [0.717, 1.165) is 12.8 Å². The smallest absolute Gasteiger partial charge is 0.244 e. The van der Waals surface area contributed by atoms with E-state index in [2.05, 4.69) is 24.9 Å². The zero-order valence-electron chi connectivity index (χ0n) is 14.5. The molecule has 24 heavy (non-hydrogen) atoms. The lowest BCUT2D eigenvalue weighted by Gasteiger charge is -2.04. The highest BCUT2D eigenvalue weighted by Crippen LogP contribution is 2.23. The number of methoxy groups -OCH3 is 1. The Kier molecular flexibility index (Phi) is 9.92. The summed E-state index contributed by atoms with van der Waals surface area (Å²) < 4.78 is 5.09. The van der Waals surface area contributed by atoms with Gasteiger partial charge in [0.1, 0.15) is 5.75 Å². The number of ether oxygens (including phenoxy) is 1. The van der Waals surface area contributed by atoms with E-state index in [1.165, 1.54) is 37.8 Å². The fraction of sp³-hybridized carbons (Fsp3) is 0.474. The van der Waals surface area contributed by atoms with E-state index in [-0.39, 0.29) is 11.7 Å². The van der Waals surface area contributed by atoms with Crippen molar-refractivity contribution in [3.05, 3.63) is 35.9 Å². The number of amides is 1. The molecule has 1 rings (SSSR count). The maximum atomic E-state index is 12.0. The first kappa shape index (κ1) is 20.3. The van der Waals surface area contributed by atoms with Gasteiger partial charge >= 0.3 is 0 Å². The Balaban J connectivity index is 2.33. The Hall–Kier alpha value is -1.75. The van der Waals surface area contributed by atoms with Crippen LogP contribution in [-0.2, 0) is 4.79 Å². The van der Waals surface area contributed by atoms with E-state index < -0.39 is 0 Å². The van der Waals surface area contributed by atoms with E-state index in [9.17, 15) is 9.59 Å². The maximum absolute atomic E-state index is 12.0. The zero-order chi connectivity index (χ0) is 17.8. The van der Waals surface area contributed by atoms with Gasteiger partial charge in [0.25, 0.3) is 0 Å². The number of thiol groups is 1. The summed E-state index contributed by atoms with van der Waals surface area (Å²) in [5, 5.41) is 2.80. The second kappa shape index (κ2) is 11.7. The average molecular weight is 349 g/mol. The van der Waals surface area contributed by atoms with Gasteiger partial charge in [-0.05, 0) is 30.7 Å². The SMILES string of the molecule is CCCCCCCCNC(=O)C=CC(=O)c1ccc(OC)c(S)c1. The van der Waals surface area contributed by atoms with Crippen molar-refractivity contribution in [1.29, 1.82) is 0 Å². The second-order valence-electron chi connectivity index (χ2n) is 5.64. The highest BCUT2D eigenvalue weighted by atomic mass is 32.1. The van der Waals surface area contributed by atoms with Gasteiger partial charge in [-0.15, -0.1) is 12.6 Å². The van der Waals surface area contributed by atoms with E-state index in [4.69, 9.17) is 4.74 Å². The first-order valence-corrected chi connectivity index (χ1v) is 8.90. The van der Waals surface area contributed by atoms with Crippen LogP contribution >= 0.6 is 12.6 Å². The number of nitrogens with one attached hydrogen (secondary N) is 1. The minimum Gasteiger partial charge on any atom is -0.496 e. The summed E-state index contributed by atoms with van der Waals surface area (Å²) in [6.07, 6.45) is 9.64. The van der Waals surface area contributed by atoms with Crippen LogP contribution in [0, 0.1) is 0 Å². The van der Waals surface area contributed by atoms with Crippen molar-refractivity contribution in [2.24, 2.45) is 0 Å². The predicted octanol–water partition coefficient (Wildman–Crippen LogP) is 4.20. The molecule has 1 amide bonds. The number of allylic oxidation sites excluding steroid dienone is 1. The molecule has 0 aromatic heterocycles. The Morgan fingerprint density at radius 2 is 1.83 bits per heavy atom. The van der Waals surface area contributed by atoms with Crippen LogP contribution in [0.25, 0.3) is 0 Å². The molecule has 0 aliphatic carbocycles. The molecule has 0 saturated heterocycles. The van der Waals surface area contributed by atoms with Gasteiger partial charge in [-0.3, -0.25) is 9.59 Å². The average Bonchev–Trinajstić information content (AvgIpc) is 2.58. The molecule has 5 heteroatoms. The molecular weight excluding hydrogens is 322 g/mol. The summed E-state index contributed by atoms with van der Waals surface area (Å²) in [5.41, 5.74) is 0.473. The van der Waals surface area contributed by atoms with Gasteiger partial charge in [-0.25, -0.2) is 0 Å². The summed E-state index contributed by atoms with van der Waals surface area (Å²) in [6, 6.07) is 4.96. The Bertz CT molecular complexity index is 570. The van der Waals surface area contributed by atoms with Crippen LogP contribution in [0.2, 0.25) is 0 Å². The van der Waals surface area contributed by atoms with Crippen molar-refractivity contribution in [2.75, 3.05) is 13.7 Å². The van der Waals surface area contributed by atoms with Crippen molar-refractivity contribution < 1.29 is 14.3 Å². The van der Waals surface area contributed by atoms with E-state index in [0.29, 0.717) is 22.8 Å². The predicted molar refractivity (Wildman–Crippen MR) is 100 cm³/mol. The normalized spacial score (nSPS) is 10.8. The third-order valence-corrected chi connectivity index (χ3v) is 4.03. The van der Waals surface area contributed by atoms with Crippen LogP contribution in [0.3, 0.4) is 0 Å². The van der Waals surface area contributed by atoms with Crippen molar-refractivity contribution in [1.82, 2.24) is 5.32 Å². The summed E-state index contributed by atoms with van der Waals surface area (Å²) >= 11 is 4.26. The number of carbonyl (C=O) groups is 2. The minimum absolute atomic E-state index is 0.234.